The number of aliphatic hydroxyl groups is 2. The van der Waals surface area contributed by atoms with Crippen molar-refractivity contribution in [3.05, 3.63) is 88.9 Å². The lowest BCUT2D eigenvalue weighted by atomic mass is 10.0. The molecular formula is C29H34ClNO5S. The average molecular weight is 544 g/mol. The van der Waals surface area contributed by atoms with Crippen LogP contribution >= 0.6 is 23.4 Å². The van der Waals surface area contributed by atoms with Crippen LogP contribution in [0.4, 0.5) is 4.79 Å². The summed E-state index contributed by atoms with van der Waals surface area (Å²) in [4.78, 5) is 14.0. The van der Waals surface area contributed by atoms with E-state index < -0.39 is 30.4 Å². The smallest absolute Gasteiger partial charge is 0.408 e. The number of ether oxygens (including phenoxy) is 2. The fourth-order valence-electron chi connectivity index (χ4n) is 3.50. The van der Waals surface area contributed by atoms with Crippen LogP contribution in [0.1, 0.15) is 38.3 Å². The van der Waals surface area contributed by atoms with E-state index in [1.807, 2.05) is 72.8 Å². The molecule has 0 spiro atoms. The fraction of sp³-hybridized carbons (Fsp3) is 0.345. The highest BCUT2D eigenvalue weighted by Crippen LogP contribution is 2.32. The molecule has 0 aromatic heterocycles. The van der Waals surface area contributed by atoms with E-state index in [0.717, 1.165) is 26.7 Å². The van der Waals surface area contributed by atoms with E-state index in [1.54, 1.807) is 32.5 Å². The third-order valence-electron chi connectivity index (χ3n) is 5.41. The van der Waals surface area contributed by atoms with Crippen molar-refractivity contribution in [1.82, 2.24) is 5.32 Å². The maximum atomic E-state index is 12.0. The van der Waals surface area contributed by atoms with Gasteiger partial charge in [0.2, 0.25) is 0 Å². The minimum Gasteiger partial charge on any atom is -0.489 e. The molecule has 2 atom stereocenters. The van der Waals surface area contributed by atoms with Gasteiger partial charge in [0.05, 0.1) is 18.8 Å². The van der Waals surface area contributed by atoms with Crippen molar-refractivity contribution >= 4 is 29.5 Å². The van der Waals surface area contributed by atoms with Gasteiger partial charge in [-0.25, -0.2) is 4.79 Å². The van der Waals surface area contributed by atoms with Crippen molar-refractivity contribution in [3.8, 4) is 5.75 Å². The van der Waals surface area contributed by atoms with Crippen molar-refractivity contribution in [1.29, 1.82) is 0 Å². The summed E-state index contributed by atoms with van der Waals surface area (Å²) in [6.45, 7) is 5.36. The predicted octanol–water partition coefficient (Wildman–Crippen LogP) is 6.25. The summed E-state index contributed by atoms with van der Waals surface area (Å²) >= 11 is 8.11. The highest BCUT2D eigenvalue weighted by Gasteiger charge is 2.24. The molecule has 1 amide bonds. The molecule has 0 aliphatic heterocycles. The van der Waals surface area contributed by atoms with Gasteiger partial charge in [-0.05, 0) is 81.1 Å². The van der Waals surface area contributed by atoms with E-state index in [0.29, 0.717) is 24.5 Å². The minimum atomic E-state index is -0.953. The molecule has 0 radical (unpaired) electrons. The number of carbonyl (C=O) groups excluding carboxylic acids is 1. The normalized spacial score (nSPS) is 13.0. The number of carbonyl (C=O) groups is 1. The Morgan fingerprint density at radius 1 is 1.03 bits per heavy atom. The Bertz CT molecular complexity index is 1140. The number of aryl methyl sites for hydroxylation is 1. The van der Waals surface area contributed by atoms with Crippen LogP contribution in [0.2, 0.25) is 5.02 Å². The van der Waals surface area contributed by atoms with Crippen molar-refractivity contribution < 1.29 is 24.5 Å². The Kier molecular flexibility index (Phi) is 10.7. The molecule has 3 rings (SSSR count). The van der Waals surface area contributed by atoms with Crippen LogP contribution in [0.5, 0.6) is 5.75 Å². The zero-order valence-electron chi connectivity index (χ0n) is 21.3. The Balaban J connectivity index is 1.50. The summed E-state index contributed by atoms with van der Waals surface area (Å²) < 4.78 is 11.0. The second-order valence-corrected chi connectivity index (χ2v) is 11.2. The molecule has 3 N–H and O–H groups in total. The van der Waals surface area contributed by atoms with Gasteiger partial charge in [0, 0.05) is 14.8 Å². The number of hydrogen-bond donors (Lipinski definition) is 3. The Hall–Kier alpha value is -2.71. The van der Waals surface area contributed by atoms with Crippen molar-refractivity contribution in [3.63, 3.8) is 0 Å². The molecule has 198 valence electrons. The number of halogens is 1. The molecule has 2 unspecified atom stereocenters. The van der Waals surface area contributed by atoms with Crippen molar-refractivity contribution in [2.45, 2.75) is 67.8 Å². The van der Waals surface area contributed by atoms with Gasteiger partial charge in [-0.15, -0.1) is 0 Å². The van der Waals surface area contributed by atoms with Crippen LogP contribution in [-0.2, 0) is 17.8 Å². The van der Waals surface area contributed by atoms with Gasteiger partial charge < -0.3 is 25.0 Å². The number of aliphatic hydroxyl groups excluding tert-OH is 2. The lowest BCUT2D eigenvalue weighted by Gasteiger charge is -2.25. The third-order valence-corrected chi connectivity index (χ3v) is 6.75. The Morgan fingerprint density at radius 2 is 1.70 bits per heavy atom. The van der Waals surface area contributed by atoms with Crippen molar-refractivity contribution in [2.75, 3.05) is 6.61 Å². The molecule has 37 heavy (non-hydrogen) atoms. The lowest BCUT2D eigenvalue weighted by Crippen LogP contribution is -2.47. The lowest BCUT2D eigenvalue weighted by molar-refractivity contribution is 0.0338. The summed E-state index contributed by atoms with van der Waals surface area (Å²) in [5.41, 5.74) is 1.33. The van der Waals surface area contributed by atoms with E-state index >= 15 is 0 Å². The summed E-state index contributed by atoms with van der Waals surface area (Å²) in [7, 11) is 0. The second kappa shape index (κ2) is 13.7. The highest BCUT2D eigenvalue weighted by molar-refractivity contribution is 7.99. The second-order valence-electron chi connectivity index (χ2n) is 9.64. The number of benzene rings is 3. The third kappa shape index (κ3) is 9.93. The van der Waals surface area contributed by atoms with Gasteiger partial charge in [0.15, 0.2) is 0 Å². The van der Waals surface area contributed by atoms with Gasteiger partial charge >= 0.3 is 6.09 Å². The van der Waals surface area contributed by atoms with E-state index in [2.05, 4.69) is 5.32 Å². The van der Waals surface area contributed by atoms with Crippen molar-refractivity contribution in [2.24, 2.45) is 0 Å². The van der Waals surface area contributed by atoms with E-state index in [1.165, 1.54) is 0 Å². The quantitative estimate of drug-likeness (QED) is 0.265. The first-order valence-corrected chi connectivity index (χ1v) is 13.3. The molecule has 3 aromatic carbocycles. The SMILES string of the molecule is CC(C)(C)OC(=O)NC(CO)C(O)CCc1ccc(Sc2ccc(OCc3ccccc3)cc2)cc1Cl. The molecule has 0 saturated heterocycles. The number of amides is 1. The summed E-state index contributed by atoms with van der Waals surface area (Å²) in [5, 5.41) is 23.2. The van der Waals surface area contributed by atoms with E-state index in [9.17, 15) is 15.0 Å². The molecule has 0 bridgehead atoms. The number of alkyl carbamates (subject to hydrolysis) is 1. The fourth-order valence-corrected chi connectivity index (χ4v) is 4.70. The highest BCUT2D eigenvalue weighted by atomic mass is 35.5. The molecular weight excluding hydrogens is 510 g/mol. The van der Waals surface area contributed by atoms with Crippen LogP contribution in [0.15, 0.2) is 82.6 Å². The topological polar surface area (TPSA) is 88.0 Å². The average Bonchev–Trinajstić information content (AvgIpc) is 2.86. The van der Waals surface area contributed by atoms with Crippen LogP contribution in [-0.4, -0.2) is 40.7 Å². The van der Waals surface area contributed by atoms with Crippen LogP contribution in [0.25, 0.3) is 0 Å². The van der Waals surface area contributed by atoms with Gasteiger partial charge in [0.25, 0.3) is 0 Å². The molecule has 3 aromatic rings. The maximum Gasteiger partial charge on any atom is 0.408 e. The molecule has 0 aliphatic carbocycles. The number of rotatable bonds is 11. The van der Waals surface area contributed by atoms with Gasteiger partial charge in [0.1, 0.15) is 18.0 Å². The first-order valence-electron chi connectivity index (χ1n) is 12.1. The summed E-state index contributed by atoms with van der Waals surface area (Å²) in [6, 6.07) is 22.9. The maximum absolute atomic E-state index is 12.0. The zero-order chi connectivity index (χ0) is 26.8. The molecule has 0 fully saturated rings. The minimum absolute atomic E-state index is 0.317. The van der Waals surface area contributed by atoms with Crippen LogP contribution < -0.4 is 10.1 Å². The largest absolute Gasteiger partial charge is 0.489 e. The summed E-state index contributed by atoms with van der Waals surface area (Å²) in [5.74, 6) is 0.808. The number of nitrogens with one attached hydrogen (secondary N) is 1. The van der Waals surface area contributed by atoms with Gasteiger partial charge in [-0.2, -0.15) is 0 Å². The monoisotopic (exact) mass is 543 g/mol. The van der Waals surface area contributed by atoms with Crippen LogP contribution in [0.3, 0.4) is 0 Å². The van der Waals surface area contributed by atoms with Gasteiger partial charge in [-0.1, -0.05) is 59.8 Å². The standard InChI is InChI=1S/C29H34ClNO5S/c1-29(2,3)36-28(34)31-26(18-32)27(33)16-10-21-9-13-24(17-25(21)30)37-23-14-11-22(12-15-23)35-19-20-7-5-4-6-8-20/h4-9,11-15,17,26-27,32-33H,10,16,18-19H2,1-3H3,(H,31,34). The van der Waals surface area contributed by atoms with E-state index in [-0.39, 0.29) is 0 Å². The molecule has 6 nitrogen and oxygen atoms in total. The first-order chi connectivity index (χ1) is 17.6. The van der Waals surface area contributed by atoms with Gasteiger partial charge in [-0.3, -0.25) is 0 Å². The van der Waals surface area contributed by atoms with Crippen LogP contribution in [0, 0.1) is 0 Å². The van der Waals surface area contributed by atoms with E-state index in [4.69, 9.17) is 21.1 Å². The molecule has 0 aliphatic rings. The summed E-state index contributed by atoms with van der Waals surface area (Å²) in [6.07, 6.45) is -0.825. The zero-order valence-corrected chi connectivity index (χ0v) is 22.9. The molecule has 8 heteroatoms. The molecule has 0 heterocycles. The Labute approximate surface area is 228 Å². The molecule has 0 saturated carbocycles. The first kappa shape index (κ1) is 28.9. The number of hydrogen-bond acceptors (Lipinski definition) is 6. The Morgan fingerprint density at radius 3 is 2.32 bits per heavy atom. The predicted molar refractivity (Wildman–Crippen MR) is 147 cm³/mol.